The van der Waals surface area contributed by atoms with Crippen molar-refractivity contribution in [1.82, 2.24) is 10.6 Å². The van der Waals surface area contributed by atoms with E-state index in [0.717, 1.165) is 0 Å². The number of amides is 2. The first-order valence-corrected chi connectivity index (χ1v) is 10.2. The largest absolute Gasteiger partial charge is 0.491 e. The molecule has 1 unspecified atom stereocenters. The second-order valence-corrected chi connectivity index (χ2v) is 7.93. The third kappa shape index (κ3) is 4.94. The number of rotatable bonds is 6. The van der Waals surface area contributed by atoms with Crippen molar-refractivity contribution in [2.75, 3.05) is 0 Å². The van der Waals surface area contributed by atoms with Crippen LogP contribution >= 0.6 is 11.6 Å². The molecular formula is C23H25ClN2O4. The average Bonchev–Trinajstić information content (AvgIpc) is 2.68. The van der Waals surface area contributed by atoms with Crippen molar-refractivity contribution in [3.8, 4) is 5.75 Å². The summed E-state index contributed by atoms with van der Waals surface area (Å²) in [5.74, 6) is 0.000633. The first kappa shape index (κ1) is 21.7. The van der Waals surface area contributed by atoms with Crippen LogP contribution in [-0.2, 0) is 9.53 Å². The number of hydrogen-bond acceptors (Lipinski definition) is 4. The summed E-state index contributed by atoms with van der Waals surface area (Å²) in [5, 5.41) is 6.06. The summed E-state index contributed by atoms with van der Waals surface area (Å²) < 4.78 is 11.5. The van der Waals surface area contributed by atoms with Gasteiger partial charge in [-0.15, -0.1) is 0 Å². The van der Waals surface area contributed by atoms with E-state index in [9.17, 15) is 9.59 Å². The van der Waals surface area contributed by atoms with Gasteiger partial charge in [-0.05, 0) is 51.5 Å². The number of esters is 1. The lowest BCUT2D eigenvalue weighted by molar-refractivity contribution is -0.143. The monoisotopic (exact) mass is 428 g/mol. The zero-order valence-electron chi connectivity index (χ0n) is 17.4. The molecule has 0 aromatic heterocycles. The van der Waals surface area contributed by atoms with E-state index < -0.39 is 18.0 Å². The predicted molar refractivity (Wildman–Crippen MR) is 116 cm³/mol. The van der Waals surface area contributed by atoms with Crippen LogP contribution in [0.2, 0.25) is 5.02 Å². The first-order valence-electron chi connectivity index (χ1n) is 9.80. The Morgan fingerprint density at radius 1 is 1.03 bits per heavy atom. The van der Waals surface area contributed by atoms with Crippen LogP contribution in [0.5, 0.6) is 5.75 Å². The smallest absolute Gasteiger partial charge is 0.338 e. The lowest BCUT2D eigenvalue weighted by Gasteiger charge is -2.31. The molecule has 158 valence electrons. The van der Waals surface area contributed by atoms with Gasteiger partial charge in [-0.3, -0.25) is 0 Å². The van der Waals surface area contributed by atoms with Crippen molar-refractivity contribution in [2.24, 2.45) is 0 Å². The highest BCUT2D eigenvalue weighted by molar-refractivity contribution is 6.30. The van der Waals surface area contributed by atoms with Gasteiger partial charge in [-0.2, -0.15) is 0 Å². The van der Waals surface area contributed by atoms with E-state index >= 15 is 0 Å². The van der Waals surface area contributed by atoms with Crippen molar-refractivity contribution in [1.29, 1.82) is 0 Å². The molecule has 2 aromatic rings. The minimum Gasteiger partial charge on any atom is -0.491 e. The van der Waals surface area contributed by atoms with Gasteiger partial charge in [0.05, 0.1) is 29.5 Å². The number of urea groups is 1. The number of ether oxygens (including phenoxy) is 2. The van der Waals surface area contributed by atoms with Crippen molar-refractivity contribution in [2.45, 2.75) is 45.9 Å². The van der Waals surface area contributed by atoms with Crippen LogP contribution in [0, 0.1) is 0 Å². The van der Waals surface area contributed by atoms with Crippen LogP contribution in [0.15, 0.2) is 54.1 Å². The number of carbonyl (C=O) groups is 2. The highest BCUT2D eigenvalue weighted by atomic mass is 35.5. The molecule has 7 heteroatoms. The van der Waals surface area contributed by atoms with E-state index in [-0.39, 0.29) is 17.8 Å². The Balaban J connectivity index is 2.22. The SMILES string of the molecule is CC(C)OC(=O)C1=C(c2ccccc2)NC(=O)NC1c1cc(Cl)ccc1OC(C)C. The molecule has 1 aliphatic rings. The van der Waals surface area contributed by atoms with Crippen molar-refractivity contribution in [3.05, 3.63) is 70.3 Å². The second-order valence-electron chi connectivity index (χ2n) is 7.49. The highest BCUT2D eigenvalue weighted by Gasteiger charge is 2.36. The Bertz CT molecular complexity index is 970. The number of halogens is 1. The lowest BCUT2D eigenvalue weighted by Crippen LogP contribution is -2.45. The van der Waals surface area contributed by atoms with Crippen LogP contribution in [0.3, 0.4) is 0 Å². The lowest BCUT2D eigenvalue weighted by atomic mass is 9.92. The molecule has 1 heterocycles. The van der Waals surface area contributed by atoms with Crippen molar-refractivity contribution < 1.29 is 19.1 Å². The summed E-state index contributed by atoms with van der Waals surface area (Å²) in [7, 11) is 0. The Morgan fingerprint density at radius 2 is 1.73 bits per heavy atom. The first-order chi connectivity index (χ1) is 14.3. The Hall–Kier alpha value is -2.99. The molecular weight excluding hydrogens is 404 g/mol. The fraction of sp³-hybridized carbons (Fsp3) is 0.304. The van der Waals surface area contributed by atoms with Crippen molar-refractivity contribution >= 4 is 29.3 Å². The standard InChI is InChI=1S/C23H25ClN2O4/c1-13(2)29-18-11-10-16(24)12-17(18)21-19(22(27)30-14(3)4)20(25-23(28)26-21)15-8-6-5-7-9-15/h5-14,21H,1-4H3,(H2,25,26,28). The molecule has 0 fully saturated rings. The normalized spacial score (nSPS) is 16.4. The molecule has 3 rings (SSSR count). The maximum Gasteiger partial charge on any atom is 0.338 e. The van der Waals surface area contributed by atoms with E-state index in [1.807, 2.05) is 44.2 Å². The van der Waals surface area contributed by atoms with E-state index in [0.29, 0.717) is 27.6 Å². The molecule has 0 saturated heterocycles. The van der Waals surface area contributed by atoms with Crippen LogP contribution in [0.4, 0.5) is 4.79 Å². The molecule has 2 aromatic carbocycles. The minimum absolute atomic E-state index is 0.106. The predicted octanol–water partition coefficient (Wildman–Crippen LogP) is 4.84. The quantitative estimate of drug-likeness (QED) is 0.645. The van der Waals surface area contributed by atoms with Crippen LogP contribution in [-0.4, -0.2) is 24.2 Å². The molecule has 1 atom stereocenters. The van der Waals surface area contributed by atoms with Crippen LogP contribution < -0.4 is 15.4 Å². The molecule has 2 N–H and O–H groups in total. The molecule has 0 bridgehead atoms. The van der Waals surface area contributed by atoms with Gasteiger partial charge in [-0.1, -0.05) is 41.9 Å². The molecule has 0 radical (unpaired) electrons. The second kappa shape index (κ2) is 9.22. The molecule has 1 aliphatic heterocycles. The molecule has 0 aliphatic carbocycles. The highest BCUT2D eigenvalue weighted by Crippen LogP contribution is 2.38. The van der Waals surface area contributed by atoms with Gasteiger partial charge < -0.3 is 20.1 Å². The Labute approximate surface area is 181 Å². The Kier molecular flexibility index (Phi) is 6.67. The van der Waals surface area contributed by atoms with Crippen LogP contribution in [0.1, 0.15) is 44.9 Å². The molecule has 0 saturated carbocycles. The fourth-order valence-electron chi connectivity index (χ4n) is 3.23. The summed E-state index contributed by atoms with van der Waals surface area (Å²) in [5.41, 5.74) is 1.95. The van der Waals surface area contributed by atoms with E-state index in [2.05, 4.69) is 10.6 Å². The maximum absolute atomic E-state index is 13.2. The summed E-state index contributed by atoms with van der Waals surface area (Å²) in [6.07, 6.45) is -0.433. The van der Waals surface area contributed by atoms with Gasteiger partial charge in [0.25, 0.3) is 0 Å². The molecule has 30 heavy (non-hydrogen) atoms. The maximum atomic E-state index is 13.2. The fourth-order valence-corrected chi connectivity index (χ4v) is 3.41. The zero-order chi connectivity index (χ0) is 21.8. The van der Waals surface area contributed by atoms with Gasteiger partial charge in [-0.25, -0.2) is 9.59 Å². The Morgan fingerprint density at radius 3 is 2.37 bits per heavy atom. The van der Waals surface area contributed by atoms with E-state index in [1.54, 1.807) is 32.0 Å². The van der Waals surface area contributed by atoms with Gasteiger partial charge >= 0.3 is 12.0 Å². The topological polar surface area (TPSA) is 76.7 Å². The van der Waals surface area contributed by atoms with Gasteiger partial charge in [0, 0.05) is 10.6 Å². The molecule has 0 spiro atoms. The summed E-state index contributed by atoms with van der Waals surface area (Å²) >= 11 is 6.26. The number of benzene rings is 2. The number of nitrogens with one attached hydrogen (secondary N) is 2. The minimum atomic E-state index is -0.798. The summed E-state index contributed by atoms with van der Waals surface area (Å²) in [6.45, 7) is 7.35. The van der Waals surface area contributed by atoms with Gasteiger partial charge in [0.1, 0.15) is 5.75 Å². The molecule has 2 amide bonds. The van der Waals surface area contributed by atoms with E-state index in [4.69, 9.17) is 21.1 Å². The number of carbonyl (C=O) groups excluding carboxylic acids is 2. The zero-order valence-corrected chi connectivity index (χ0v) is 18.1. The van der Waals surface area contributed by atoms with E-state index in [1.165, 1.54) is 0 Å². The molecule has 6 nitrogen and oxygen atoms in total. The van der Waals surface area contributed by atoms with Crippen LogP contribution in [0.25, 0.3) is 5.70 Å². The third-order valence-corrected chi connectivity index (χ3v) is 4.58. The number of hydrogen-bond donors (Lipinski definition) is 2. The summed E-state index contributed by atoms with van der Waals surface area (Å²) in [4.78, 5) is 25.7. The summed E-state index contributed by atoms with van der Waals surface area (Å²) in [6, 6.07) is 13.1. The van der Waals surface area contributed by atoms with Gasteiger partial charge in [0.2, 0.25) is 0 Å². The van der Waals surface area contributed by atoms with Crippen molar-refractivity contribution in [3.63, 3.8) is 0 Å². The van der Waals surface area contributed by atoms with Gasteiger partial charge in [0.15, 0.2) is 0 Å². The third-order valence-electron chi connectivity index (χ3n) is 4.34. The average molecular weight is 429 g/mol.